The Balaban J connectivity index is 1.84. The van der Waals surface area contributed by atoms with Crippen LogP contribution in [0.3, 0.4) is 0 Å². The Hall–Kier alpha value is -3.12. The highest BCUT2D eigenvalue weighted by molar-refractivity contribution is 7.13. The van der Waals surface area contributed by atoms with Crippen molar-refractivity contribution >= 4 is 29.0 Å². The topological polar surface area (TPSA) is 60.5 Å². The molecule has 0 aliphatic carbocycles. The highest BCUT2D eigenvalue weighted by Gasteiger charge is 2.15. The Morgan fingerprint density at radius 3 is 2.52 bits per heavy atom. The summed E-state index contributed by atoms with van der Waals surface area (Å²) in [4.78, 5) is 17.0. The van der Waals surface area contributed by atoms with Gasteiger partial charge in [-0.25, -0.2) is 4.98 Å². The van der Waals surface area contributed by atoms with Crippen molar-refractivity contribution in [3.63, 3.8) is 0 Å². The van der Waals surface area contributed by atoms with E-state index in [0.29, 0.717) is 22.7 Å². The van der Waals surface area contributed by atoms with Gasteiger partial charge in [0.1, 0.15) is 5.01 Å². The zero-order chi connectivity index (χ0) is 19.2. The third kappa shape index (κ3) is 4.17. The largest absolute Gasteiger partial charge is 0.493 e. The molecule has 0 spiro atoms. The normalized spacial score (nSPS) is 10.8. The van der Waals surface area contributed by atoms with E-state index in [-0.39, 0.29) is 5.91 Å². The van der Waals surface area contributed by atoms with Crippen LogP contribution in [-0.2, 0) is 0 Å². The first-order valence-corrected chi connectivity index (χ1v) is 9.24. The van der Waals surface area contributed by atoms with E-state index in [1.54, 1.807) is 43.9 Å². The Labute approximate surface area is 162 Å². The lowest BCUT2D eigenvalue weighted by Crippen LogP contribution is -2.12. The lowest BCUT2D eigenvalue weighted by Gasteiger charge is -2.13. The summed E-state index contributed by atoms with van der Waals surface area (Å²) in [5, 5.41) is 5.80. The van der Waals surface area contributed by atoms with Gasteiger partial charge in [0.25, 0.3) is 5.91 Å². The molecule has 138 valence electrons. The Kier molecular flexibility index (Phi) is 5.88. The number of rotatable bonds is 6. The van der Waals surface area contributed by atoms with Gasteiger partial charge in [-0.3, -0.25) is 4.79 Å². The van der Waals surface area contributed by atoms with Crippen LogP contribution in [0.2, 0.25) is 0 Å². The van der Waals surface area contributed by atoms with E-state index in [4.69, 9.17) is 9.47 Å². The van der Waals surface area contributed by atoms with E-state index in [2.05, 4.69) is 10.3 Å². The van der Waals surface area contributed by atoms with E-state index in [9.17, 15) is 4.79 Å². The Morgan fingerprint density at radius 1 is 1.15 bits per heavy atom. The number of carbonyl (C=O) groups excluding carboxylic acids is 1. The number of methoxy groups -OCH3 is 2. The number of nitrogens with zero attached hydrogens (tertiary/aromatic N) is 1. The van der Waals surface area contributed by atoms with Gasteiger partial charge in [-0.1, -0.05) is 12.2 Å². The average Bonchev–Trinajstić information content (AvgIpc) is 3.23. The van der Waals surface area contributed by atoms with Crippen molar-refractivity contribution in [3.8, 4) is 22.1 Å². The predicted molar refractivity (Wildman–Crippen MR) is 110 cm³/mol. The van der Waals surface area contributed by atoms with Crippen molar-refractivity contribution < 1.29 is 14.3 Å². The van der Waals surface area contributed by atoms with Crippen molar-refractivity contribution in [2.45, 2.75) is 6.92 Å². The number of allylic oxidation sites excluding steroid dienone is 1. The summed E-state index contributed by atoms with van der Waals surface area (Å²) >= 11 is 1.58. The Morgan fingerprint density at radius 2 is 1.93 bits per heavy atom. The fourth-order valence-electron chi connectivity index (χ4n) is 2.69. The SMILES string of the molecule is C/C=C/c1cc(C(=O)Nc2ccc(-c3nccs3)cc2)cc(OC)c1OC. The summed E-state index contributed by atoms with van der Waals surface area (Å²) in [6.07, 6.45) is 5.53. The van der Waals surface area contributed by atoms with Crippen LogP contribution in [0.1, 0.15) is 22.8 Å². The molecule has 3 aromatic rings. The van der Waals surface area contributed by atoms with E-state index in [1.807, 2.05) is 48.7 Å². The van der Waals surface area contributed by atoms with Crippen molar-refractivity contribution in [1.29, 1.82) is 0 Å². The van der Waals surface area contributed by atoms with Crippen LogP contribution in [0.5, 0.6) is 11.5 Å². The first-order valence-electron chi connectivity index (χ1n) is 8.36. The molecule has 3 rings (SSSR count). The van der Waals surface area contributed by atoms with Gasteiger partial charge in [-0.15, -0.1) is 11.3 Å². The van der Waals surface area contributed by atoms with Gasteiger partial charge in [0, 0.05) is 34.0 Å². The summed E-state index contributed by atoms with van der Waals surface area (Å²) in [7, 11) is 3.13. The first-order chi connectivity index (χ1) is 13.2. The van der Waals surface area contributed by atoms with Crippen LogP contribution in [0.25, 0.3) is 16.6 Å². The van der Waals surface area contributed by atoms with Crippen molar-refractivity contribution in [1.82, 2.24) is 4.98 Å². The zero-order valence-corrected chi connectivity index (χ0v) is 16.2. The van der Waals surface area contributed by atoms with Crippen LogP contribution in [0.15, 0.2) is 54.1 Å². The summed E-state index contributed by atoms with van der Waals surface area (Å²) in [5.74, 6) is 0.890. The van der Waals surface area contributed by atoms with Crippen LogP contribution < -0.4 is 14.8 Å². The molecule has 1 amide bonds. The maximum Gasteiger partial charge on any atom is 0.255 e. The molecular formula is C21H20N2O3S. The van der Waals surface area contributed by atoms with E-state index in [0.717, 1.165) is 16.1 Å². The van der Waals surface area contributed by atoms with Crippen molar-refractivity contribution in [3.05, 3.63) is 65.2 Å². The second kappa shape index (κ2) is 8.51. The molecule has 0 bridgehead atoms. The van der Waals surface area contributed by atoms with Crippen LogP contribution >= 0.6 is 11.3 Å². The molecule has 0 fully saturated rings. The van der Waals surface area contributed by atoms with Gasteiger partial charge in [0.2, 0.25) is 0 Å². The molecule has 0 aliphatic heterocycles. The molecule has 0 atom stereocenters. The third-order valence-corrected chi connectivity index (χ3v) is 4.76. The molecule has 6 heteroatoms. The zero-order valence-electron chi connectivity index (χ0n) is 15.4. The number of carbonyl (C=O) groups is 1. The van der Waals surface area contributed by atoms with E-state index in [1.165, 1.54) is 0 Å². The monoisotopic (exact) mass is 380 g/mol. The maximum absolute atomic E-state index is 12.7. The highest BCUT2D eigenvalue weighted by atomic mass is 32.1. The predicted octanol–water partition coefficient (Wildman–Crippen LogP) is 5.11. The van der Waals surface area contributed by atoms with Gasteiger partial charge < -0.3 is 14.8 Å². The molecule has 1 aromatic heterocycles. The number of ether oxygens (including phenoxy) is 2. The van der Waals surface area contributed by atoms with Gasteiger partial charge in [0.15, 0.2) is 11.5 Å². The molecule has 1 N–H and O–H groups in total. The summed E-state index contributed by atoms with van der Waals surface area (Å²) in [6, 6.07) is 11.1. The van der Waals surface area contributed by atoms with Crippen molar-refractivity contribution in [2.75, 3.05) is 19.5 Å². The van der Waals surface area contributed by atoms with Gasteiger partial charge in [0.05, 0.1) is 14.2 Å². The minimum absolute atomic E-state index is 0.219. The minimum atomic E-state index is -0.219. The number of hydrogen-bond donors (Lipinski definition) is 1. The number of anilines is 1. The van der Waals surface area contributed by atoms with Crippen LogP contribution in [-0.4, -0.2) is 25.1 Å². The van der Waals surface area contributed by atoms with E-state index < -0.39 is 0 Å². The molecule has 0 saturated heterocycles. The van der Waals surface area contributed by atoms with Crippen LogP contribution in [0.4, 0.5) is 5.69 Å². The molecule has 1 heterocycles. The second-order valence-electron chi connectivity index (χ2n) is 5.67. The molecular weight excluding hydrogens is 360 g/mol. The molecule has 27 heavy (non-hydrogen) atoms. The minimum Gasteiger partial charge on any atom is -0.493 e. The fourth-order valence-corrected chi connectivity index (χ4v) is 3.34. The van der Waals surface area contributed by atoms with Gasteiger partial charge in [-0.2, -0.15) is 0 Å². The molecule has 2 aromatic carbocycles. The number of benzene rings is 2. The van der Waals surface area contributed by atoms with E-state index >= 15 is 0 Å². The number of nitrogens with one attached hydrogen (secondary N) is 1. The summed E-state index contributed by atoms with van der Waals surface area (Å²) in [6.45, 7) is 1.91. The van der Waals surface area contributed by atoms with Crippen LogP contribution in [0, 0.1) is 0 Å². The smallest absolute Gasteiger partial charge is 0.255 e. The molecule has 5 nitrogen and oxygen atoms in total. The molecule has 0 saturated carbocycles. The number of thiazole rings is 1. The first kappa shape index (κ1) is 18.7. The summed E-state index contributed by atoms with van der Waals surface area (Å²) < 4.78 is 10.8. The Bertz CT molecular complexity index is 948. The number of amides is 1. The maximum atomic E-state index is 12.7. The average molecular weight is 380 g/mol. The summed E-state index contributed by atoms with van der Waals surface area (Å²) in [5.41, 5.74) is 3.00. The standard InChI is InChI=1S/C21H20N2O3S/c1-4-5-15-12-16(13-18(25-2)19(15)26-3)20(24)23-17-8-6-14(7-9-17)21-22-10-11-27-21/h4-13H,1-3H3,(H,23,24)/b5-4+. The number of aromatic nitrogens is 1. The molecule has 0 radical (unpaired) electrons. The third-order valence-electron chi connectivity index (χ3n) is 3.94. The second-order valence-corrected chi connectivity index (χ2v) is 6.56. The van der Waals surface area contributed by atoms with Crippen molar-refractivity contribution in [2.24, 2.45) is 0 Å². The number of hydrogen-bond acceptors (Lipinski definition) is 5. The lowest BCUT2D eigenvalue weighted by atomic mass is 10.1. The fraction of sp³-hybridized carbons (Fsp3) is 0.143. The van der Waals surface area contributed by atoms with Gasteiger partial charge in [-0.05, 0) is 43.3 Å². The quantitative estimate of drug-likeness (QED) is 0.645. The highest BCUT2D eigenvalue weighted by Crippen LogP contribution is 2.34. The van der Waals surface area contributed by atoms with Gasteiger partial charge >= 0.3 is 0 Å². The lowest BCUT2D eigenvalue weighted by molar-refractivity contribution is 0.102. The molecule has 0 aliphatic rings. The molecule has 0 unspecified atom stereocenters.